The van der Waals surface area contributed by atoms with Gasteiger partial charge in [0.1, 0.15) is 6.04 Å². The van der Waals surface area contributed by atoms with Gasteiger partial charge in [-0.3, -0.25) is 14.6 Å². The van der Waals surface area contributed by atoms with Gasteiger partial charge in [0.15, 0.2) is 0 Å². The highest BCUT2D eigenvalue weighted by atomic mass is 16.5. The number of hydrogen-bond donors (Lipinski definition) is 1. The Labute approximate surface area is 101 Å². The van der Waals surface area contributed by atoms with Gasteiger partial charge in [-0.25, -0.2) is 0 Å². The lowest BCUT2D eigenvalue weighted by Crippen LogP contribution is -2.56. The zero-order chi connectivity index (χ0) is 11.8. The van der Waals surface area contributed by atoms with Crippen LogP contribution in [-0.4, -0.2) is 71.8 Å². The Balaban J connectivity index is 1.75. The lowest BCUT2D eigenvalue weighted by molar-refractivity contribution is -0.152. The summed E-state index contributed by atoms with van der Waals surface area (Å²) in [7, 11) is 0. The number of aliphatic carboxylic acids is 1. The van der Waals surface area contributed by atoms with Crippen molar-refractivity contribution in [2.75, 3.05) is 32.8 Å². The Morgan fingerprint density at radius 3 is 2.88 bits per heavy atom. The molecule has 0 aromatic carbocycles. The van der Waals surface area contributed by atoms with E-state index in [1.807, 2.05) is 0 Å². The van der Waals surface area contributed by atoms with Crippen molar-refractivity contribution in [3.8, 4) is 0 Å². The first kappa shape index (κ1) is 11.4. The standard InChI is InChI=1S/C12H20N2O3/c15-12(16)11-8-17-7-6-14(11)10-3-5-13-4-1-2-9(10)13/h9-11H,1-8H2,(H,15,16). The molecule has 0 spiro atoms. The van der Waals surface area contributed by atoms with Crippen molar-refractivity contribution in [3.63, 3.8) is 0 Å². The smallest absolute Gasteiger partial charge is 0.323 e. The van der Waals surface area contributed by atoms with Crippen molar-refractivity contribution in [1.82, 2.24) is 9.80 Å². The minimum absolute atomic E-state index is 0.346. The van der Waals surface area contributed by atoms with Crippen molar-refractivity contribution in [3.05, 3.63) is 0 Å². The van der Waals surface area contributed by atoms with Crippen molar-refractivity contribution >= 4 is 5.97 Å². The summed E-state index contributed by atoms with van der Waals surface area (Å²) in [5, 5.41) is 9.27. The molecule has 3 atom stereocenters. The average molecular weight is 240 g/mol. The van der Waals surface area contributed by atoms with Crippen LogP contribution in [-0.2, 0) is 9.53 Å². The van der Waals surface area contributed by atoms with Gasteiger partial charge in [-0.1, -0.05) is 0 Å². The molecular formula is C12H20N2O3. The van der Waals surface area contributed by atoms with Gasteiger partial charge >= 0.3 is 5.97 Å². The molecule has 0 saturated carbocycles. The van der Waals surface area contributed by atoms with Crippen LogP contribution in [0.2, 0.25) is 0 Å². The van der Waals surface area contributed by atoms with Crippen molar-refractivity contribution in [2.45, 2.75) is 37.4 Å². The Bertz CT molecular complexity index is 310. The highest BCUT2D eigenvalue weighted by molar-refractivity contribution is 5.73. The van der Waals surface area contributed by atoms with E-state index in [-0.39, 0.29) is 0 Å². The van der Waals surface area contributed by atoms with E-state index in [9.17, 15) is 9.90 Å². The fourth-order valence-electron chi connectivity index (χ4n) is 3.67. The van der Waals surface area contributed by atoms with Gasteiger partial charge in [0.2, 0.25) is 0 Å². The Hall–Kier alpha value is -0.650. The third-order valence-electron chi connectivity index (χ3n) is 4.45. The normalized spacial score (nSPS) is 39.4. The number of hydrogen-bond acceptors (Lipinski definition) is 4. The number of morpholine rings is 1. The molecule has 3 unspecified atom stereocenters. The van der Waals surface area contributed by atoms with Crippen LogP contribution < -0.4 is 0 Å². The molecule has 0 aromatic heterocycles. The van der Waals surface area contributed by atoms with Crippen LogP contribution in [0.15, 0.2) is 0 Å². The van der Waals surface area contributed by atoms with E-state index < -0.39 is 12.0 Å². The summed E-state index contributed by atoms with van der Waals surface area (Å²) >= 11 is 0. The van der Waals surface area contributed by atoms with Crippen LogP contribution in [0.3, 0.4) is 0 Å². The molecule has 3 aliphatic rings. The first-order valence-corrected chi connectivity index (χ1v) is 6.58. The summed E-state index contributed by atoms with van der Waals surface area (Å²) in [6.45, 7) is 4.12. The van der Waals surface area contributed by atoms with Gasteiger partial charge in [0.05, 0.1) is 13.2 Å². The summed E-state index contributed by atoms with van der Waals surface area (Å²) < 4.78 is 5.31. The molecule has 3 heterocycles. The summed E-state index contributed by atoms with van der Waals surface area (Å²) in [4.78, 5) is 16.0. The second-order valence-corrected chi connectivity index (χ2v) is 5.27. The first-order valence-electron chi connectivity index (χ1n) is 6.58. The molecule has 96 valence electrons. The largest absolute Gasteiger partial charge is 0.480 e. The van der Waals surface area contributed by atoms with Crippen LogP contribution in [0, 0.1) is 0 Å². The Kier molecular flexibility index (Phi) is 3.06. The summed E-state index contributed by atoms with van der Waals surface area (Å²) in [5.41, 5.74) is 0. The summed E-state index contributed by atoms with van der Waals surface area (Å²) in [5.74, 6) is -0.735. The van der Waals surface area contributed by atoms with E-state index in [1.165, 1.54) is 19.4 Å². The number of fused-ring (bicyclic) bond motifs is 1. The van der Waals surface area contributed by atoms with Gasteiger partial charge in [-0.05, 0) is 25.8 Å². The van der Waals surface area contributed by atoms with Gasteiger partial charge in [0.25, 0.3) is 0 Å². The summed E-state index contributed by atoms with van der Waals surface area (Å²) in [6.07, 6.45) is 3.62. The fraction of sp³-hybridized carbons (Fsp3) is 0.917. The maximum absolute atomic E-state index is 11.3. The quantitative estimate of drug-likeness (QED) is 0.737. The van der Waals surface area contributed by atoms with Crippen molar-refractivity contribution in [2.24, 2.45) is 0 Å². The molecular weight excluding hydrogens is 220 g/mol. The van der Waals surface area contributed by atoms with E-state index in [1.54, 1.807) is 0 Å². The van der Waals surface area contributed by atoms with E-state index in [0.29, 0.717) is 25.3 Å². The zero-order valence-electron chi connectivity index (χ0n) is 10.0. The predicted molar refractivity (Wildman–Crippen MR) is 61.9 cm³/mol. The fourth-order valence-corrected chi connectivity index (χ4v) is 3.67. The van der Waals surface area contributed by atoms with Crippen LogP contribution in [0.4, 0.5) is 0 Å². The SMILES string of the molecule is O=C(O)C1COCCN1C1CCN2CCCC12. The molecule has 17 heavy (non-hydrogen) atoms. The highest BCUT2D eigenvalue weighted by Gasteiger charge is 2.44. The number of carbonyl (C=O) groups is 1. The van der Waals surface area contributed by atoms with E-state index in [0.717, 1.165) is 19.5 Å². The maximum atomic E-state index is 11.3. The minimum atomic E-state index is -0.735. The van der Waals surface area contributed by atoms with Crippen molar-refractivity contribution in [1.29, 1.82) is 0 Å². The van der Waals surface area contributed by atoms with Gasteiger partial charge in [0, 0.05) is 25.2 Å². The van der Waals surface area contributed by atoms with Crippen LogP contribution in [0.5, 0.6) is 0 Å². The lowest BCUT2D eigenvalue weighted by atomic mass is 10.0. The molecule has 0 radical (unpaired) electrons. The zero-order valence-corrected chi connectivity index (χ0v) is 10.0. The first-order chi connectivity index (χ1) is 8.27. The van der Waals surface area contributed by atoms with Crippen LogP contribution in [0.25, 0.3) is 0 Å². The predicted octanol–water partition coefficient (Wildman–Crippen LogP) is 0.00850. The molecule has 0 aliphatic carbocycles. The second-order valence-electron chi connectivity index (χ2n) is 5.27. The van der Waals surface area contributed by atoms with Gasteiger partial charge < -0.3 is 9.84 Å². The van der Waals surface area contributed by atoms with Gasteiger partial charge in [-0.15, -0.1) is 0 Å². The highest BCUT2D eigenvalue weighted by Crippen LogP contribution is 2.32. The number of carboxylic acids is 1. The number of rotatable bonds is 2. The average Bonchev–Trinajstić information content (AvgIpc) is 2.90. The monoisotopic (exact) mass is 240 g/mol. The van der Waals surface area contributed by atoms with Crippen LogP contribution in [0.1, 0.15) is 19.3 Å². The molecule has 3 fully saturated rings. The maximum Gasteiger partial charge on any atom is 0.323 e. The van der Waals surface area contributed by atoms with E-state index >= 15 is 0 Å². The third-order valence-corrected chi connectivity index (χ3v) is 4.45. The van der Waals surface area contributed by atoms with Crippen LogP contribution >= 0.6 is 0 Å². The molecule has 0 amide bonds. The minimum Gasteiger partial charge on any atom is -0.480 e. The number of ether oxygens (including phenoxy) is 1. The number of nitrogens with zero attached hydrogens (tertiary/aromatic N) is 2. The Morgan fingerprint density at radius 2 is 2.06 bits per heavy atom. The summed E-state index contributed by atoms with van der Waals surface area (Å²) in [6, 6.07) is 0.590. The lowest BCUT2D eigenvalue weighted by Gasteiger charge is -2.39. The molecule has 3 aliphatic heterocycles. The molecule has 5 heteroatoms. The van der Waals surface area contributed by atoms with Crippen molar-refractivity contribution < 1.29 is 14.6 Å². The molecule has 3 saturated heterocycles. The number of carboxylic acid groups (broad SMARTS) is 1. The van der Waals surface area contributed by atoms with E-state index in [2.05, 4.69) is 9.80 Å². The van der Waals surface area contributed by atoms with Gasteiger partial charge in [-0.2, -0.15) is 0 Å². The molecule has 0 bridgehead atoms. The molecule has 1 N–H and O–H groups in total. The van der Waals surface area contributed by atoms with E-state index in [4.69, 9.17) is 4.74 Å². The molecule has 5 nitrogen and oxygen atoms in total. The second kappa shape index (κ2) is 4.55. The topological polar surface area (TPSA) is 53.0 Å². The Morgan fingerprint density at radius 1 is 1.18 bits per heavy atom. The third kappa shape index (κ3) is 1.96. The molecule has 3 rings (SSSR count). The molecule has 0 aromatic rings.